The summed E-state index contributed by atoms with van der Waals surface area (Å²) >= 11 is 1.47. The highest BCUT2D eigenvalue weighted by atomic mass is 32.1. The van der Waals surface area contributed by atoms with E-state index in [1.54, 1.807) is 14.2 Å². The van der Waals surface area contributed by atoms with E-state index >= 15 is 0 Å². The molecule has 2 heterocycles. The van der Waals surface area contributed by atoms with Crippen LogP contribution in [0.5, 0.6) is 11.5 Å². The lowest BCUT2D eigenvalue weighted by Crippen LogP contribution is -2.06. The van der Waals surface area contributed by atoms with Crippen LogP contribution in [0.1, 0.15) is 23.6 Å². The van der Waals surface area contributed by atoms with Crippen LogP contribution < -0.4 is 9.47 Å². The molecule has 0 bridgehead atoms. The second-order valence-corrected chi connectivity index (χ2v) is 8.11. The molecule has 0 aliphatic heterocycles. The Morgan fingerprint density at radius 1 is 1.00 bits per heavy atom. The van der Waals surface area contributed by atoms with Gasteiger partial charge in [-0.15, -0.1) is 11.3 Å². The average molecular weight is 466 g/mol. The fraction of sp³-hybridized carbons (Fsp3) is 0.250. The van der Waals surface area contributed by atoms with Crippen LogP contribution in [0.3, 0.4) is 0 Å². The van der Waals surface area contributed by atoms with E-state index in [4.69, 9.17) is 18.7 Å². The maximum Gasteiger partial charge on any atom is 0.306 e. The fourth-order valence-corrected chi connectivity index (χ4v) is 3.89. The second-order valence-electron chi connectivity index (χ2n) is 7.25. The molecule has 0 saturated carbocycles. The molecule has 170 valence electrons. The second kappa shape index (κ2) is 10.3. The fourth-order valence-electron chi connectivity index (χ4n) is 3.09. The molecule has 4 aromatic rings. The number of thiazole rings is 1. The SMILES string of the molecule is COc1ccc(-c2nc(COC(=O)CCc3nc(-c4ccc(C)cc4)no3)cs2)cc1OC. The van der Waals surface area contributed by atoms with E-state index in [1.165, 1.54) is 11.3 Å². The van der Waals surface area contributed by atoms with Crippen molar-refractivity contribution in [3.05, 3.63) is 65.0 Å². The molecule has 9 heteroatoms. The average Bonchev–Trinajstić information content (AvgIpc) is 3.51. The van der Waals surface area contributed by atoms with Gasteiger partial charge in [-0.05, 0) is 25.1 Å². The highest BCUT2D eigenvalue weighted by Gasteiger charge is 2.13. The van der Waals surface area contributed by atoms with E-state index in [2.05, 4.69) is 15.1 Å². The molecule has 2 aromatic heterocycles. The van der Waals surface area contributed by atoms with E-state index in [0.717, 1.165) is 21.7 Å². The van der Waals surface area contributed by atoms with Crippen molar-refractivity contribution in [3.8, 4) is 33.5 Å². The van der Waals surface area contributed by atoms with Gasteiger partial charge in [-0.3, -0.25) is 4.79 Å². The topological polar surface area (TPSA) is 96.6 Å². The van der Waals surface area contributed by atoms with E-state index in [1.807, 2.05) is 54.8 Å². The maximum atomic E-state index is 12.2. The Hall–Kier alpha value is -3.72. The quantitative estimate of drug-likeness (QED) is 0.323. The molecule has 0 atom stereocenters. The lowest BCUT2D eigenvalue weighted by atomic mass is 10.1. The number of hydrogen-bond donors (Lipinski definition) is 0. The van der Waals surface area contributed by atoms with Gasteiger partial charge in [0.15, 0.2) is 11.5 Å². The predicted octanol–water partition coefficient (Wildman–Crippen LogP) is 4.86. The molecular formula is C24H23N3O5S. The van der Waals surface area contributed by atoms with Gasteiger partial charge in [0, 0.05) is 22.9 Å². The van der Waals surface area contributed by atoms with Crippen LogP contribution in [-0.4, -0.2) is 35.3 Å². The summed E-state index contributed by atoms with van der Waals surface area (Å²) in [6.45, 7) is 2.11. The van der Waals surface area contributed by atoms with Crippen molar-refractivity contribution in [2.75, 3.05) is 14.2 Å². The molecule has 0 saturated heterocycles. The molecule has 0 N–H and O–H groups in total. The Morgan fingerprint density at radius 3 is 2.52 bits per heavy atom. The highest BCUT2D eigenvalue weighted by Crippen LogP contribution is 2.33. The van der Waals surface area contributed by atoms with Crippen molar-refractivity contribution >= 4 is 17.3 Å². The minimum atomic E-state index is -0.356. The van der Waals surface area contributed by atoms with Crippen molar-refractivity contribution in [3.63, 3.8) is 0 Å². The van der Waals surface area contributed by atoms with E-state index in [9.17, 15) is 4.79 Å². The standard InChI is InChI=1S/C24H23N3O5S/c1-15-4-6-16(7-5-15)23-26-21(32-27-23)10-11-22(28)31-13-18-14-33-24(25-18)17-8-9-19(29-2)20(12-17)30-3/h4-9,12,14H,10-11,13H2,1-3H3. The van der Waals surface area contributed by atoms with Gasteiger partial charge < -0.3 is 18.7 Å². The Balaban J connectivity index is 1.29. The van der Waals surface area contributed by atoms with Crippen molar-refractivity contribution < 1.29 is 23.5 Å². The number of benzene rings is 2. The molecular weight excluding hydrogens is 442 g/mol. The molecule has 2 aromatic carbocycles. The molecule has 0 aliphatic carbocycles. The minimum absolute atomic E-state index is 0.0983. The third-order valence-corrected chi connectivity index (χ3v) is 5.82. The molecule has 0 fully saturated rings. The summed E-state index contributed by atoms with van der Waals surface area (Å²) in [4.78, 5) is 21.1. The normalized spacial score (nSPS) is 10.8. The summed E-state index contributed by atoms with van der Waals surface area (Å²) in [5.74, 6) is 1.82. The van der Waals surface area contributed by atoms with Gasteiger partial charge in [-0.2, -0.15) is 4.98 Å². The number of carbonyl (C=O) groups is 1. The zero-order chi connectivity index (χ0) is 23.2. The number of methoxy groups -OCH3 is 2. The molecule has 33 heavy (non-hydrogen) atoms. The monoisotopic (exact) mass is 465 g/mol. The predicted molar refractivity (Wildman–Crippen MR) is 123 cm³/mol. The number of rotatable bonds is 9. The Morgan fingerprint density at radius 2 is 1.76 bits per heavy atom. The summed E-state index contributed by atoms with van der Waals surface area (Å²) in [5, 5.41) is 6.65. The molecule has 0 amide bonds. The zero-order valence-corrected chi connectivity index (χ0v) is 19.3. The highest BCUT2D eigenvalue weighted by molar-refractivity contribution is 7.13. The first-order valence-corrected chi connectivity index (χ1v) is 11.2. The summed E-state index contributed by atoms with van der Waals surface area (Å²) in [6.07, 6.45) is 0.452. The molecule has 8 nitrogen and oxygen atoms in total. The number of ether oxygens (including phenoxy) is 3. The first-order valence-electron chi connectivity index (χ1n) is 10.3. The maximum absolute atomic E-state index is 12.2. The summed E-state index contributed by atoms with van der Waals surface area (Å²) in [6, 6.07) is 13.4. The Kier molecular flexibility index (Phi) is 6.99. The lowest BCUT2D eigenvalue weighted by molar-refractivity contribution is -0.145. The number of hydrogen-bond acceptors (Lipinski definition) is 9. The number of aromatic nitrogens is 3. The minimum Gasteiger partial charge on any atom is -0.493 e. The van der Waals surface area contributed by atoms with Crippen molar-refractivity contribution in [1.29, 1.82) is 0 Å². The Bertz CT molecular complexity index is 1230. The van der Waals surface area contributed by atoms with Crippen LogP contribution >= 0.6 is 11.3 Å². The van der Waals surface area contributed by atoms with Crippen molar-refractivity contribution in [2.45, 2.75) is 26.4 Å². The van der Waals surface area contributed by atoms with E-state index in [-0.39, 0.29) is 19.0 Å². The van der Waals surface area contributed by atoms with Gasteiger partial charge >= 0.3 is 5.97 Å². The van der Waals surface area contributed by atoms with Crippen LogP contribution in [0, 0.1) is 6.92 Å². The van der Waals surface area contributed by atoms with Crippen molar-refractivity contribution in [1.82, 2.24) is 15.1 Å². The molecule has 0 spiro atoms. The van der Waals surface area contributed by atoms with Crippen molar-refractivity contribution in [2.24, 2.45) is 0 Å². The summed E-state index contributed by atoms with van der Waals surface area (Å²) in [5.41, 5.74) is 3.60. The van der Waals surface area contributed by atoms with Crippen LogP contribution in [0.2, 0.25) is 0 Å². The van der Waals surface area contributed by atoms with Crippen LogP contribution in [0.4, 0.5) is 0 Å². The Labute approximate surface area is 195 Å². The summed E-state index contributed by atoms with van der Waals surface area (Å²) < 4.78 is 21.2. The number of carbonyl (C=O) groups excluding carboxylic acids is 1. The molecule has 4 rings (SSSR count). The van der Waals surface area contributed by atoms with Crippen LogP contribution in [0.25, 0.3) is 22.0 Å². The van der Waals surface area contributed by atoms with Gasteiger partial charge in [0.05, 0.1) is 26.3 Å². The third kappa shape index (κ3) is 5.56. The van der Waals surface area contributed by atoms with E-state index in [0.29, 0.717) is 35.3 Å². The van der Waals surface area contributed by atoms with Gasteiger partial charge in [0.25, 0.3) is 0 Å². The smallest absolute Gasteiger partial charge is 0.306 e. The van der Waals surface area contributed by atoms with Gasteiger partial charge in [-0.1, -0.05) is 35.0 Å². The number of esters is 1. The summed E-state index contributed by atoms with van der Waals surface area (Å²) in [7, 11) is 3.18. The van der Waals surface area contributed by atoms with Crippen LogP contribution in [-0.2, 0) is 22.6 Å². The molecule has 0 aliphatic rings. The third-order valence-electron chi connectivity index (χ3n) is 4.88. The molecule has 0 unspecified atom stereocenters. The largest absolute Gasteiger partial charge is 0.493 e. The number of nitrogens with zero attached hydrogens (tertiary/aromatic N) is 3. The van der Waals surface area contributed by atoms with Crippen LogP contribution in [0.15, 0.2) is 52.4 Å². The van der Waals surface area contributed by atoms with Gasteiger partial charge in [0.1, 0.15) is 11.6 Å². The van der Waals surface area contributed by atoms with Gasteiger partial charge in [0.2, 0.25) is 11.7 Å². The van der Waals surface area contributed by atoms with Gasteiger partial charge in [-0.25, -0.2) is 4.98 Å². The number of aryl methyl sites for hydroxylation is 2. The lowest BCUT2D eigenvalue weighted by Gasteiger charge is -2.08. The molecule has 0 radical (unpaired) electrons. The zero-order valence-electron chi connectivity index (χ0n) is 18.5. The first kappa shape index (κ1) is 22.5. The van der Waals surface area contributed by atoms with E-state index < -0.39 is 0 Å². The first-order chi connectivity index (χ1) is 16.1.